The van der Waals surface area contributed by atoms with Crippen molar-refractivity contribution in [1.29, 1.82) is 0 Å². The largest absolute Gasteiger partial charge is 0.354 e. The normalized spacial score (nSPS) is 12.6. The van der Waals surface area contributed by atoms with Crippen molar-refractivity contribution >= 4 is 17.1 Å². The number of anilines is 1. The van der Waals surface area contributed by atoms with Crippen LogP contribution in [0.3, 0.4) is 0 Å². The summed E-state index contributed by atoms with van der Waals surface area (Å²) >= 11 is 0. The number of rotatable bonds is 7. The summed E-state index contributed by atoms with van der Waals surface area (Å²) in [4.78, 5) is 31.3. The first-order valence-corrected chi connectivity index (χ1v) is 9.41. The molecule has 0 amide bonds. The van der Waals surface area contributed by atoms with Gasteiger partial charge in [0.15, 0.2) is 11.2 Å². The number of nitrogens with one attached hydrogen (secondary N) is 1. The summed E-state index contributed by atoms with van der Waals surface area (Å²) < 4.78 is 4.22. The quantitative estimate of drug-likeness (QED) is 0.656. The summed E-state index contributed by atoms with van der Waals surface area (Å²) in [6.07, 6.45) is 0.988. The highest BCUT2D eigenvalue weighted by Gasteiger charge is 2.17. The number of hydrogen-bond acceptors (Lipinski definition) is 5. The van der Waals surface area contributed by atoms with Crippen LogP contribution in [0.2, 0.25) is 0 Å². The van der Waals surface area contributed by atoms with Gasteiger partial charge in [-0.1, -0.05) is 30.3 Å². The highest BCUT2D eigenvalue weighted by Crippen LogP contribution is 2.13. The van der Waals surface area contributed by atoms with Gasteiger partial charge >= 0.3 is 5.69 Å². The zero-order chi connectivity index (χ0) is 20.4. The molecule has 0 aliphatic rings. The van der Waals surface area contributed by atoms with Crippen LogP contribution in [-0.2, 0) is 27.6 Å². The van der Waals surface area contributed by atoms with Gasteiger partial charge in [-0.15, -0.1) is 0 Å². The Bertz CT molecular complexity index is 1080. The minimum atomic E-state index is -0.378. The molecule has 3 aromatic rings. The van der Waals surface area contributed by atoms with Gasteiger partial charge in [0.1, 0.15) is 0 Å². The van der Waals surface area contributed by atoms with Crippen molar-refractivity contribution in [2.24, 2.45) is 21.1 Å². The average Bonchev–Trinajstić information content (AvgIpc) is 3.02. The van der Waals surface area contributed by atoms with Crippen molar-refractivity contribution in [3.63, 3.8) is 0 Å². The van der Waals surface area contributed by atoms with Gasteiger partial charge in [-0.3, -0.25) is 13.9 Å². The first-order chi connectivity index (χ1) is 13.3. The molecule has 0 aliphatic heterocycles. The Labute approximate surface area is 164 Å². The van der Waals surface area contributed by atoms with Crippen LogP contribution in [0.4, 0.5) is 5.95 Å². The summed E-state index contributed by atoms with van der Waals surface area (Å²) in [7, 11) is 6.99. The zero-order valence-electron chi connectivity index (χ0n) is 17.1. The van der Waals surface area contributed by atoms with E-state index in [-0.39, 0.29) is 11.2 Å². The van der Waals surface area contributed by atoms with Crippen molar-refractivity contribution in [2.45, 2.75) is 19.4 Å². The molecule has 1 aromatic carbocycles. The second-order valence-electron chi connectivity index (χ2n) is 7.32. The maximum Gasteiger partial charge on any atom is 0.332 e. The van der Waals surface area contributed by atoms with Gasteiger partial charge < -0.3 is 14.8 Å². The summed E-state index contributed by atoms with van der Waals surface area (Å²) in [5, 5.41) is 3.29. The van der Waals surface area contributed by atoms with Crippen LogP contribution in [0.5, 0.6) is 0 Å². The molecule has 0 radical (unpaired) electrons. The van der Waals surface area contributed by atoms with Crippen molar-refractivity contribution in [3.05, 3.63) is 56.7 Å². The van der Waals surface area contributed by atoms with Gasteiger partial charge in [-0.05, 0) is 26.0 Å². The Morgan fingerprint density at radius 2 is 1.75 bits per heavy atom. The number of fused-ring (bicyclic) bond motifs is 1. The van der Waals surface area contributed by atoms with Crippen LogP contribution >= 0.6 is 0 Å². The number of aromatic nitrogens is 4. The van der Waals surface area contributed by atoms with Crippen molar-refractivity contribution in [2.75, 3.05) is 25.5 Å². The standard InChI is InChI=1S/C20H28N6O2/c1-14(13-15-9-7-6-8-10-15)23(2)12-11-21-19-22-17-16(24(19)3)18(27)26(5)20(28)25(17)4/h6-10,14H,11-13H2,1-5H3,(H,21,22). The van der Waals surface area contributed by atoms with E-state index in [4.69, 9.17) is 0 Å². The molecule has 28 heavy (non-hydrogen) atoms. The molecule has 8 heteroatoms. The van der Waals surface area contributed by atoms with Crippen LogP contribution in [0.25, 0.3) is 11.2 Å². The molecule has 150 valence electrons. The molecule has 2 heterocycles. The number of aryl methyl sites for hydroxylation is 2. The minimum absolute atomic E-state index is 0.338. The van der Waals surface area contributed by atoms with Gasteiger partial charge in [-0.2, -0.15) is 4.98 Å². The molecular weight excluding hydrogens is 356 g/mol. The molecule has 0 saturated carbocycles. The Balaban J connectivity index is 1.68. The molecule has 3 rings (SSSR count). The van der Waals surface area contributed by atoms with E-state index in [9.17, 15) is 9.59 Å². The van der Waals surface area contributed by atoms with Crippen LogP contribution < -0.4 is 16.6 Å². The Morgan fingerprint density at radius 1 is 1.07 bits per heavy atom. The minimum Gasteiger partial charge on any atom is -0.354 e. The summed E-state index contributed by atoms with van der Waals surface area (Å²) in [5.74, 6) is 0.581. The van der Waals surface area contributed by atoms with Gasteiger partial charge in [-0.25, -0.2) is 4.79 Å². The Morgan fingerprint density at radius 3 is 2.43 bits per heavy atom. The van der Waals surface area contributed by atoms with Crippen LogP contribution in [-0.4, -0.2) is 49.8 Å². The van der Waals surface area contributed by atoms with Crippen LogP contribution in [0, 0.1) is 0 Å². The molecular formula is C20H28N6O2. The van der Waals surface area contributed by atoms with Crippen molar-refractivity contribution in [1.82, 2.24) is 23.6 Å². The van der Waals surface area contributed by atoms with E-state index in [1.54, 1.807) is 18.7 Å². The lowest BCUT2D eigenvalue weighted by Crippen LogP contribution is -2.37. The topological polar surface area (TPSA) is 77.1 Å². The summed E-state index contributed by atoms with van der Waals surface area (Å²) in [6, 6.07) is 10.8. The SMILES string of the molecule is CC(Cc1ccccc1)N(C)CCNc1nc2c(c(=O)n(C)c(=O)n2C)n1C. The van der Waals surface area contributed by atoms with E-state index >= 15 is 0 Å². The fraction of sp³-hybridized carbons (Fsp3) is 0.450. The molecule has 0 aliphatic carbocycles. The first kappa shape index (κ1) is 19.9. The molecule has 2 aromatic heterocycles. The van der Waals surface area contributed by atoms with Gasteiger partial charge in [0, 0.05) is 40.3 Å². The number of nitrogens with zero attached hydrogens (tertiary/aromatic N) is 5. The molecule has 1 atom stereocenters. The summed E-state index contributed by atoms with van der Waals surface area (Å²) in [6.45, 7) is 3.72. The van der Waals surface area contributed by atoms with E-state index in [0.29, 0.717) is 29.7 Å². The second kappa shape index (κ2) is 8.02. The third-order valence-electron chi connectivity index (χ3n) is 5.35. The fourth-order valence-corrected chi connectivity index (χ4v) is 3.35. The maximum atomic E-state index is 12.4. The molecule has 1 N–H and O–H groups in total. The fourth-order valence-electron chi connectivity index (χ4n) is 3.35. The molecule has 0 bridgehead atoms. The third kappa shape index (κ3) is 3.73. The number of benzene rings is 1. The first-order valence-electron chi connectivity index (χ1n) is 9.41. The number of imidazole rings is 1. The van der Waals surface area contributed by atoms with E-state index in [1.807, 2.05) is 6.07 Å². The molecule has 0 saturated heterocycles. The zero-order valence-corrected chi connectivity index (χ0v) is 17.1. The lowest BCUT2D eigenvalue weighted by Gasteiger charge is -2.25. The van der Waals surface area contributed by atoms with Crippen molar-refractivity contribution < 1.29 is 0 Å². The maximum absolute atomic E-state index is 12.4. The number of likely N-dealkylation sites (N-methyl/N-ethyl adjacent to an activating group) is 1. The Kier molecular flexibility index (Phi) is 5.69. The lowest BCUT2D eigenvalue weighted by molar-refractivity contribution is 0.265. The van der Waals surface area contributed by atoms with E-state index in [2.05, 4.69) is 53.4 Å². The van der Waals surface area contributed by atoms with Crippen LogP contribution in [0.15, 0.2) is 39.9 Å². The second-order valence-corrected chi connectivity index (χ2v) is 7.32. The molecule has 1 unspecified atom stereocenters. The number of hydrogen-bond donors (Lipinski definition) is 1. The van der Waals surface area contributed by atoms with E-state index < -0.39 is 0 Å². The lowest BCUT2D eigenvalue weighted by atomic mass is 10.1. The monoisotopic (exact) mass is 384 g/mol. The smallest absolute Gasteiger partial charge is 0.332 e. The molecule has 8 nitrogen and oxygen atoms in total. The van der Waals surface area contributed by atoms with Crippen LogP contribution in [0.1, 0.15) is 12.5 Å². The third-order valence-corrected chi connectivity index (χ3v) is 5.35. The van der Waals surface area contributed by atoms with Gasteiger partial charge in [0.05, 0.1) is 0 Å². The average molecular weight is 384 g/mol. The van der Waals surface area contributed by atoms with E-state index in [1.165, 1.54) is 17.2 Å². The van der Waals surface area contributed by atoms with E-state index in [0.717, 1.165) is 17.5 Å². The molecule has 0 spiro atoms. The molecule has 0 fully saturated rings. The van der Waals surface area contributed by atoms with Gasteiger partial charge in [0.25, 0.3) is 5.56 Å². The van der Waals surface area contributed by atoms with Gasteiger partial charge in [0.2, 0.25) is 5.95 Å². The predicted octanol–water partition coefficient (Wildman–Crippen LogP) is 0.946. The highest BCUT2D eigenvalue weighted by atomic mass is 16.2. The highest BCUT2D eigenvalue weighted by molar-refractivity contribution is 5.74. The van der Waals surface area contributed by atoms with Crippen molar-refractivity contribution in [3.8, 4) is 0 Å². The Hall–Kier alpha value is -2.87. The predicted molar refractivity (Wildman–Crippen MR) is 112 cm³/mol. The summed E-state index contributed by atoms with van der Waals surface area (Å²) in [5.41, 5.74) is 1.41.